The summed E-state index contributed by atoms with van der Waals surface area (Å²) in [6.07, 6.45) is 0.298. The Morgan fingerprint density at radius 3 is 2.78 bits per heavy atom. The molecule has 6 heteroatoms. The van der Waals surface area contributed by atoms with Crippen LogP contribution in [0.4, 0.5) is 5.69 Å². The zero-order valence-corrected chi connectivity index (χ0v) is 11.1. The maximum absolute atomic E-state index is 11.4. The zero-order chi connectivity index (χ0) is 13.4. The number of halogens is 1. The fourth-order valence-corrected chi connectivity index (χ4v) is 1.74. The van der Waals surface area contributed by atoms with Gasteiger partial charge in [-0.1, -0.05) is 0 Å². The predicted octanol–water partition coefficient (Wildman–Crippen LogP) is 1.76. The molecule has 0 aliphatic heterocycles. The first-order valence-electron chi connectivity index (χ1n) is 5.24. The summed E-state index contributed by atoms with van der Waals surface area (Å²) in [5.74, 6) is -0.179. The molecular formula is C12H11BrN4O. The van der Waals surface area contributed by atoms with Crippen molar-refractivity contribution in [1.82, 2.24) is 5.32 Å². The Labute approximate surface area is 114 Å². The van der Waals surface area contributed by atoms with E-state index in [9.17, 15) is 4.79 Å². The molecule has 0 radical (unpaired) electrons. The molecule has 0 heterocycles. The van der Waals surface area contributed by atoms with Crippen LogP contribution < -0.4 is 10.6 Å². The van der Waals surface area contributed by atoms with Gasteiger partial charge in [-0.25, -0.2) is 0 Å². The molecule has 1 rings (SSSR count). The number of nitrogens with zero attached hydrogens (tertiary/aromatic N) is 2. The van der Waals surface area contributed by atoms with Crippen molar-refractivity contribution in [3.05, 3.63) is 28.2 Å². The van der Waals surface area contributed by atoms with Gasteiger partial charge >= 0.3 is 0 Å². The van der Waals surface area contributed by atoms with E-state index in [1.165, 1.54) is 0 Å². The molecule has 0 saturated heterocycles. The van der Waals surface area contributed by atoms with Crippen LogP contribution in [0.2, 0.25) is 0 Å². The van der Waals surface area contributed by atoms with Crippen molar-refractivity contribution < 1.29 is 4.79 Å². The Bertz CT molecular complexity index is 516. The number of hydrogen-bond donors (Lipinski definition) is 2. The van der Waals surface area contributed by atoms with Crippen LogP contribution in [-0.2, 0) is 4.79 Å². The summed E-state index contributed by atoms with van der Waals surface area (Å²) >= 11 is 3.31. The number of anilines is 1. The van der Waals surface area contributed by atoms with Gasteiger partial charge in [0.15, 0.2) is 0 Å². The molecule has 2 N–H and O–H groups in total. The second kappa shape index (κ2) is 7.31. The highest BCUT2D eigenvalue weighted by molar-refractivity contribution is 9.10. The molecule has 0 unspecified atom stereocenters. The Balaban J connectivity index is 2.47. The molecule has 0 aliphatic rings. The summed E-state index contributed by atoms with van der Waals surface area (Å²) in [5.41, 5.74) is 1.29. The highest BCUT2D eigenvalue weighted by atomic mass is 79.9. The van der Waals surface area contributed by atoms with Gasteiger partial charge < -0.3 is 10.6 Å². The van der Waals surface area contributed by atoms with E-state index in [4.69, 9.17) is 10.5 Å². The van der Waals surface area contributed by atoms with E-state index in [2.05, 4.69) is 26.6 Å². The molecule has 0 fully saturated rings. The van der Waals surface area contributed by atoms with Gasteiger partial charge in [0.1, 0.15) is 0 Å². The van der Waals surface area contributed by atoms with Crippen LogP contribution in [0.1, 0.15) is 12.0 Å². The van der Waals surface area contributed by atoms with Gasteiger partial charge in [0.2, 0.25) is 5.91 Å². The number of nitrogens with one attached hydrogen (secondary N) is 2. The van der Waals surface area contributed by atoms with Crippen molar-refractivity contribution in [2.45, 2.75) is 6.42 Å². The molecule has 1 aromatic carbocycles. The molecule has 1 amide bonds. The fourth-order valence-electron chi connectivity index (χ4n) is 1.22. The molecule has 1 aromatic rings. The highest BCUT2D eigenvalue weighted by Crippen LogP contribution is 2.22. The van der Waals surface area contributed by atoms with Crippen molar-refractivity contribution in [2.24, 2.45) is 0 Å². The van der Waals surface area contributed by atoms with Crippen LogP contribution in [0, 0.1) is 22.7 Å². The van der Waals surface area contributed by atoms with Crippen LogP contribution in [0.25, 0.3) is 0 Å². The second-order valence-corrected chi connectivity index (χ2v) is 4.27. The summed E-state index contributed by atoms with van der Waals surface area (Å²) in [7, 11) is 0. The van der Waals surface area contributed by atoms with Crippen LogP contribution in [-0.4, -0.2) is 19.0 Å². The molecule has 18 heavy (non-hydrogen) atoms. The third kappa shape index (κ3) is 4.44. The number of carbonyl (C=O) groups excluding carboxylic acids is 1. The van der Waals surface area contributed by atoms with E-state index in [0.29, 0.717) is 18.5 Å². The standard InChI is InChI=1S/C12H11BrN4O/c13-10-6-9(7-15)2-3-11(10)17-8-12(18)16-5-1-4-14/h2-3,6,17H,1,5,8H2,(H,16,18). The fraction of sp³-hybridized carbons (Fsp3) is 0.250. The van der Waals surface area contributed by atoms with Gasteiger partial charge in [-0.15, -0.1) is 0 Å². The monoisotopic (exact) mass is 306 g/mol. The molecule has 5 nitrogen and oxygen atoms in total. The minimum atomic E-state index is -0.179. The van der Waals surface area contributed by atoms with E-state index in [0.717, 1.165) is 10.2 Å². The topological polar surface area (TPSA) is 88.7 Å². The molecule has 92 valence electrons. The third-order valence-corrected chi connectivity index (χ3v) is 2.75. The summed E-state index contributed by atoms with van der Waals surface area (Å²) in [5, 5.41) is 22.6. The van der Waals surface area contributed by atoms with Gasteiger partial charge in [-0.2, -0.15) is 10.5 Å². The minimum absolute atomic E-state index is 0.121. The number of hydrogen-bond acceptors (Lipinski definition) is 4. The molecule has 0 aliphatic carbocycles. The summed E-state index contributed by atoms with van der Waals surface area (Å²) in [6.45, 7) is 0.474. The van der Waals surface area contributed by atoms with Crippen LogP contribution in [0.15, 0.2) is 22.7 Å². The number of benzene rings is 1. The largest absolute Gasteiger partial charge is 0.375 e. The van der Waals surface area contributed by atoms with Crippen LogP contribution in [0.3, 0.4) is 0 Å². The van der Waals surface area contributed by atoms with Crippen molar-refractivity contribution in [1.29, 1.82) is 10.5 Å². The lowest BCUT2D eigenvalue weighted by Gasteiger charge is -2.08. The normalized spacial score (nSPS) is 9.06. The maximum Gasteiger partial charge on any atom is 0.239 e. The minimum Gasteiger partial charge on any atom is -0.375 e. The average Bonchev–Trinajstić information content (AvgIpc) is 2.37. The first-order valence-corrected chi connectivity index (χ1v) is 6.04. The van der Waals surface area contributed by atoms with Gasteiger partial charge in [-0.3, -0.25) is 4.79 Å². The van der Waals surface area contributed by atoms with E-state index in [1.807, 2.05) is 12.1 Å². The van der Waals surface area contributed by atoms with Crippen molar-refractivity contribution in [2.75, 3.05) is 18.4 Å². The number of nitriles is 2. The predicted molar refractivity (Wildman–Crippen MR) is 70.6 cm³/mol. The molecule has 0 atom stereocenters. The quantitative estimate of drug-likeness (QED) is 0.811. The molecule has 0 spiro atoms. The van der Waals surface area contributed by atoms with Gasteiger partial charge in [0.25, 0.3) is 0 Å². The Kier molecular flexibility index (Phi) is 5.69. The summed E-state index contributed by atoms with van der Waals surface area (Å²) < 4.78 is 0.728. The summed E-state index contributed by atoms with van der Waals surface area (Å²) in [6, 6.07) is 9.04. The number of amides is 1. The Morgan fingerprint density at radius 1 is 1.39 bits per heavy atom. The van der Waals surface area contributed by atoms with Gasteiger partial charge in [-0.05, 0) is 34.1 Å². The lowest BCUT2D eigenvalue weighted by molar-refractivity contribution is -0.119. The van der Waals surface area contributed by atoms with Crippen molar-refractivity contribution in [3.8, 4) is 12.1 Å². The SMILES string of the molecule is N#CCCNC(=O)CNc1ccc(C#N)cc1Br. The number of rotatable bonds is 5. The van der Waals surface area contributed by atoms with E-state index < -0.39 is 0 Å². The molecule has 0 aromatic heterocycles. The number of carbonyl (C=O) groups is 1. The summed E-state index contributed by atoms with van der Waals surface area (Å²) in [4.78, 5) is 11.4. The third-order valence-electron chi connectivity index (χ3n) is 2.10. The van der Waals surface area contributed by atoms with Crippen LogP contribution >= 0.6 is 15.9 Å². The molecule has 0 bridgehead atoms. The van der Waals surface area contributed by atoms with Gasteiger partial charge in [0.05, 0.1) is 30.7 Å². The molecule has 0 saturated carbocycles. The van der Waals surface area contributed by atoms with E-state index in [1.54, 1.807) is 18.2 Å². The van der Waals surface area contributed by atoms with E-state index in [-0.39, 0.29) is 12.5 Å². The smallest absolute Gasteiger partial charge is 0.239 e. The molecular weight excluding hydrogens is 296 g/mol. The average molecular weight is 307 g/mol. The van der Waals surface area contributed by atoms with Crippen LogP contribution in [0.5, 0.6) is 0 Å². The lowest BCUT2D eigenvalue weighted by Crippen LogP contribution is -2.30. The van der Waals surface area contributed by atoms with E-state index >= 15 is 0 Å². The van der Waals surface area contributed by atoms with Crippen molar-refractivity contribution in [3.63, 3.8) is 0 Å². The highest BCUT2D eigenvalue weighted by Gasteiger charge is 2.04. The second-order valence-electron chi connectivity index (χ2n) is 3.42. The Hall–Kier alpha value is -2.05. The maximum atomic E-state index is 11.4. The first kappa shape index (κ1) is 14.0. The van der Waals surface area contributed by atoms with Crippen molar-refractivity contribution >= 4 is 27.5 Å². The lowest BCUT2D eigenvalue weighted by atomic mass is 10.2. The zero-order valence-electron chi connectivity index (χ0n) is 9.53. The van der Waals surface area contributed by atoms with Gasteiger partial charge in [0, 0.05) is 16.7 Å². The first-order chi connectivity index (χ1) is 8.67. The Morgan fingerprint density at radius 2 is 2.17 bits per heavy atom.